The van der Waals surface area contributed by atoms with Gasteiger partial charge in [-0.3, -0.25) is 0 Å². The Morgan fingerprint density at radius 3 is 2.38 bits per heavy atom. The molecule has 0 saturated heterocycles. The monoisotopic (exact) mass is 418 g/mol. The van der Waals surface area contributed by atoms with E-state index in [-0.39, 0.29) is 10.5 Å². The molecular weight excluding hydrogens is 407 g/mol. The number of carbonyl (C=O) groups is 1. The van der Waals surface area contributed by atoms with Gasteiger partial charge >= 0.3 is 5.97 Å². The number of anilines is 2. The van der Waals surface area contributed by atoms with Crippen molar-refractivity contribution in [1.29, 1.82) is 0 Å². The number of carboxylic acids is 1. The minimum atomic E-state index is -3.95. The molecule has 0 spiro atoms. The molecule has 8 heteroatoms. The van der Waals surface area contributed by atoms with E-state index >= 15 is 0 Å². The Morgan fingerprint density at radius 2 is 1.81 bits per heavy atom. The molecule has 0 bridgehead atoms. The van der Waals surface area contributed by atoms with Gasteiger partial charge in [-0.1, -0.05) is 12.1 Å². The van der Waals surface area contributed by atoms with Crippen molar-refractivity contribution in [3.05, 3.63) is 51.6 Å². The topological polar surface area (TPSA) is 109 Å². The number of hydrogen-bond donors (Lipinski definition) is 3. The second-order valence-electron chi connectivity index (χ2n) is 4.16. The number of aromatic carboxylic acids is 1. The Labute approximate surface area is 135 Å². The van der Waals surface area contributed by atoms with Crippen molar-refractivity contribution in [1.82, 2.24) is 0 Å². The van der Waals surface area contributed by atoms with Gasteiger partial charge in [0.1, 0.15) is 0 Å². The van der Waals surface area contributed by atoms with Gasteiger partial charge < -0.3 is 10.4 Å². The second kappa shape index (κ2) is 6.00. The van der Waals surface area contributed by atoms with Crippen LogP contribution in [0.25, 0.3) is 0 Å². The molecule has 0 aliphatic carbocycles. The average Bonchev–Trinajstić information content (AvgIpc) is 2.40. The molecule has 0 fully saturated rings. The third-order valence-electron chi connectivity index (χ3n) is 2.69. The van der Waals surface area contributed by atoms with E-state index in [2.05, 4.69) is 27.9 Å². The molecule has 0 aliphatic rings. The van der Waals surface area contributed by atoms with Crippen molar-refractivity contribution in [2.75, 3.05) is 5.32 Å². The van der Waals surface area contributed by atoms with E-state index in [4.69, 9.17) is 5.14 Å². The molecule has 0 aliphatic heterocycles. The van der Waals surface area contributed by atoms with E-state index in [0.717, 1.165) is 15.3 Å². The standard InChI is InChI=1S/C13H11IN2O4S/c14-10-3-1-2-4-12(10)16-11-6-5-8(21(15,19)20)7-9(11)13(17)18/h1-7,16H,(H,17,18)(H2,15,19,20). The summed E-state index contributed by atoms with van der Waals surface area (Å²) in [7, 11) is -3.95. The van der Waals surface area contributed by atoms with Gasteiger partial charge in [-0.2, -0.15) is 0 Å². The van der Waals surface area contributed by atoms with Crippen molar-refractivity contribution < 1.29 is 18.3 Å². The first-order valence-corrected chi connectivity index (χ1v) is 8.33. The number of benzene rings is 2. The molecule has 0 aromatic heterocycles. The highest BCUT2D eigenvalue weighted by atomic mass is 127. The third kappa shape index (κ3) is 3.71. The molecule has 0 unspecified atom stereocenters. The molecule has 2 rings (SSSR count). The Balaban J connectivity index is 2.50. The van der Waals surface area contributed by atoms with Crippen LogP contribution in [0.4, 0.5) is 11.4 Å². The van der Waals surface area contributed by atoms with Crippen LogP contribution in [0.1, 0.15) is 10.4 Å². The molecule has 110 valence electrons. The van der Waals surface area contributed by atoms with Gasteiger partial charge in [-0.25, -0.2) is 18.4 Å². The Hall–Kier alpha value is -1.65. The maximum atomic E-state index is 11.3. The number of nitrogens with two attached hydrogens (primary N) is 1. The second-order valence-corrected chi connectivity index (χ2v) is 6.89. The summed E-state index contributed by atoms with van der Waals surface area (Å²) in [6.45, 7) is 0. The lowest BCUT2D eigenvalue weighted by Crippen LogP contribution is -2.14. The fourth-order valence-corrected chi connectivity index (χ4v) is 2.76. The smallest absolute Gasteiger partial charge is 0.337 e. The number of para-hydroxylation sites is 1. The zero-order valence-electron chi connectivity index (χ0n) is 10.6. The summed E-state index contributed by atoms with van der Waals surface area (Å²) in [5, 5.41) is 17.2. The van der Waals surface area contributed by atoms with Crippen molar-refractivity contribution in [3.8, 4) is 0 Å². The summed E-state index contributed by atoms with van der Waals surface area (Å²) < 4.78 is 23.5. The van der Waals surface area contributed by atoms with Crippen LogP contribution in [-0.4, -0.2) is 19.5 Å². The van der Waals surface area contributed by atoms with Gasteiger partial charge in [0.25, 0.3) is 0 Å². The number of rotatable bonds is 4. The molecule has 4 N–H and O–H groups in total. The summed E-state index contributed by atoms with van der Waals surface area (Å²) in [4.78, 5) is 11.1. The number of hydrogen-bond acceptors (Lipinski definition) is 4. The zero-order chi connectivity index (χ0) is 15.6. The SMILES string of the molecule is NS(=O)(=O)c1ccc(Nc2ccccc2I)c(C(=O)O)c1. The lowest BCUT2D eigenvalue weighted by atomic mass is 10.1. The first-order chi connectivity index (χ1) is 9.79. The molecule has 0 atom stereocenters. The third-order valence-corrected chi connectivity index (χ3v) is 4.54. The Morgan fingerprint density at radius 1 is 1.14 bits per heavy atom. The normalized spacial score (nSPS) is 11.1. The quantitative estimate of drug-likeness (QED) is 0.661. The lowest BCUT2D eigenvalue weighted by molar-refractivity contribution is 0.0697. The van der Waals surface area contributed by atoms with Crippen molar-refractivity contribution in [2.45, 2.75) is 4.90 Å². The molecule has 0 radical (unpaired) electrons. The summed E-state index contributed by atoms with van der Waals surface area (Å²) >= 11 is 2.11. The molecule has 0 amide bonds. The minimum absolute atomic E-state index is 0.166. The number of primary sulfonamides is 1. The zero-order valence-corrected chi connectivity index (χ0v) is 13.6. The molecule has 0 saturated carbocycles. The van der Waals surface area contributed by atoms with Gasteiger partial charge in [0.15, 0.2) is 0 Å². The fraction of sp³-hybridized carbons (Fsp3) is 0. The summed E-state index contributed by atoms with van der Waals surface area (Å²) in [5.41, 5.74) is 0.851. The lowest BCUT2D eigenvalue weighted by Gasteiger charge is -2.12. The summed E-state index contributed by atoms with van der Waals surface area (Å²) in [6, 6.07) is 11.0. The van der Waals surface area contributed by atoms with Crippen LogP contribution in [0.15, 0.2) is 47.4 Å². The largest absolute Gasteiger partial charge is 0.478 e. The van der Waals surface area contributed by atoms with E-state index < -0.39 is 16.0 Å². The maximum Gasteiger partial charge on any atom is 0.337 e. The Kier molecular flexibility index (Phi) is 4.49. The van der Waals surface area contributed by atoms with Gasteiger partial charge in [-0.05, 0) is 52.9 Å². The van der Waals surface area contributed by atoms with Crippen LogP contribution in [0.5, 0.6) is 0 Å². The summed E-state index contributed by atoms with van der Waals surface area (Å²) in [5.74, 6) is -1.24. The van der Waals surface area contributed by atoms with Gasteiger partial charge in [0, 0.05) is 3.57 Å². The van der Waals surface area contributed by atoms with Gasteiger partial charge in [0.2, 0.25) is 10.0 Å². The first-order valence-electron chi connectivity index (χ1n) is 5.71. The van der Waals surface area contributed by atoms with Crippen LogP contribution < -0.4 is 10.5 Å². The molecule has 6 nitrogen and oxygen atoms in total. The predicted octanol–water partition coefficient (Wildman–Crippen LogP) is 2.38. The van der Waals surface area contributed by atoms with Gasteiger partial charge in [-0.15, -0.1) is 0 Å². The first kappa shape index (κ1) is 15.7. The van der Waals surface area contributed by atoms with Crippen molar-refractivity contribution >= 4 is 50.0 Å². The van der Waals surface area contributed by atoms with Crippen LogP contribution in [0.3, 0.4) is 0 Å². The van der Waals surface area contributed by atoms with Crippen LogP contribution >= 0.6 is 22.6 Å². The van der Waals surface area contributed by atoms with Crippen LogP contribution in [0.2, 0.25) is 0 Å². The minimum Gasteiger partial charge on any atom is -0.478 e. The highest BCUT2D eigenvalue weighted by Crippen LogP contribution is 2.26. The predicted molar refractivity (Wildman–Crippen MR) is 87.2 cm³/mol. The maximum absolute atomic E-state index is 11.3. The highest BCUT2D eigenvalue weighted by molar-refractivity contribution is 14.1. The summed E-state index contributed by atoms with van der Waals surface area (Å²) in [6.07, 6.45) is 0. The van der Waals surface area contributed by atoms with Crippen molar-refractivity contribution in [3.63, 3.8) is 0 Å². The van der Waals surface area contributed by atoms with E-state index in [9.17, 15) is 18.3 Å². The van der Waals surface area contributed by atoms with Crippen LogP contribution in [0, 0.1) is 3.57 Å². The molecule has 2 aromatic carbocycles. The van der Waals surface area contributed by atoms with E-state index in [0.29, 0.717) is 5.69 Å². The molecule has 2 aromatic rings. The molecule has 0 heterocycles. The van der Waals surface area contributed by atoms with E-state index in [1.54, 1.807) is 6.07 Å². The number of halogens is 1. The number of sulfonamides is 1. The number of carboxylic acid groups (broad SMARTS) is 1. The Bertz CT molecular complexity index is 806. The molecule has 21 heavy (non-hydrogen) atoms. The van der Waals surface area contributed by atoms with Gasteiger partial charge in [0.05, 0.1) is 21.8 Å². The van der Waals surface area contributed by atoms with Crippen molar-refractivity contribution in [2.24, 2.45) is 5.14 Å². The average molecular weight is 418 g/mol. The molecular formula is C13H11IN2O4S. The fourth-order valence-electron chi connectivity index (χ4n) is 1.69. The number of nitrogens with one attached hydrogen (secondary N) is 1. The van der Waals surface area contributed by atoms with E-state index in [1.807, 2.05) is 18.2 Å². The highest BCUT2D eigenvalue weighted by Gasteiger charge is 2.16. The van der Waals surface area contributed by atoms with E-state index in [1.165, 1.54) is 12.1 Å². The van der Waals surface area contributed by atoms with Crippen LogP contribution in [-0.2, 0) is 10.0 Å².